The van der Waals surface area contributed by atoms with Crippen LogP contribution in [0.25, 0.3) is 22.3 Å². The molecule has 0 bridgehead atoms. The first-order valence-corrected chi connectivity index (χ1v) is 10.5. The monoisotopic (exact) mass is 506 g/mol. The minimum Gasteiger partial charge on any atom is -0.508 e. The molecule has 4 rings (SSSR count). The van der Waals surface area contributed by atoms with Crippen molar-refractivity contribution in [1.29, 1.82) is 0 Å². The van der Waals surface area contributed by atoms with Crippen LogP contribution < -0.4 is 10.2 Å². The van der Waals surface area contributed by atoms with Crippen molar-refractivity contribution in [1.82, 2.24) is 0 Å². The molecule has 0 unspecified atom stereocenters. The molecule has 0 spiro atoms. The van der Waals surface area contributed by atoms with Gasteiger partial charge in [0.1, 0.15) is 34.7 Å². The fourth-order valence-electron chi connectivity index (χ4n) is 3.83. The van der Waals surface area contributed by atoms with Gasteiger partial charge in [0.2, 0.25) is 17.5 Å². The molecule has 2 aromatic carbocycles. The van der Waals surface area contributed by atoms with Crippen molar-refractivity contribution in [3.8, 4) is 45.8 Å². The second-order valence-electron chi connectivity index (χ2n) is 8.17. The first-order valence-electron chi connectivity index (χ1n) is 10.5. The van der Waals surface area contributed by atoms with E-state index in [0.717, 1.165) is 31.2 Å². The molecule has 0 amide bonds. The Kier molecular flexibility index (Phi) is 6.30. The van der Waals surface area contributed by atoms with Crippen LogP contribution in [-0.2, 0) is 14.3 Å². The molecule has 1 aromatic heterocycles. The maximum Gasteiger partial charge on any atom is 0.303 e. The zero-order valence-electron chi connectivity index (χ0n) is 18.8. The van der Waals surface area contributed by atoms with Gasteiger partial charge in [-0.1, -0.05) is 0 Å². The number of fused-ring (bicyclic) bond motifs is 1. The molecule has 1 aliphatic rings. The van der Waals surface area contributed by atoms with Crippen molar-refractivity contribution < 1.29 is 59.2 Å². The maximum absolute atomic E-state index is 13.4. The summed E-state index contributed by atoms with van der Waals surface area (Å²) in [6, 6.07) is 3.76. The third-order valence-corrected chi connectivity index (χ3v) is 5.57. The number of phenols is 5. The van der Waals surface area contributed by atoms with E-state index in [1.807, 2.05) is 0 Å². The highest BCUT2D eigenvalue weighted by molar-refractivity contribution is 5.88. The first-order chi connectivity index (χ1) is 16.9. The highest BCUT2D eigenvalue weighted by atomic mass is 16.7. The number of hydrogen-bond donors (Lipinski definition) is 7. The van der Waals surface area contributed by atoms with Gasteiger partial charge in [-0.15, -0.1) is 0 Å². The van der Waals surface area contributed by atoms with Gasteiger partial charge >= 0.3 is 5.97 Å². The van der Waals surface area contributed by atoms with Gasteiger partial charge in [-0.05, 0) is 19.1 Å². The number of rotatable bonds is 4. The van der Waals surface area contributed by atoms with Crippen LogP contribution >= 0.6 is 0 Å². The van der Waals surface area contributed by atoms with Gasteiger partial charge < -0.3 is 54.4 Å². The Morgan fingerprint density at radius 3 is 2.19 bits per heavy atom. The predicted molar refractivity (Wildman–Crippen MR) is 119 cm³/mol. The van der Waals surface area contributed by atoms with E-state index in [0.29, 0.717) is 0 Å². The Labute approximate surface area is 201 Å². The Hall–Kier alpha value is -4.20. The molecular formula is C23H22O13. The van der Waals surface area contributed by atoms with Crippen LogP contribution in [0.1, 0.15) is 13.8 Å². The lowest BCUT2D eigenvalue weighted by atomic mass is 9.99. The van der Waals surface area contributed by atoms with Crippen LogP contribution in [0.4, 0.5) is 0 Å². The summed E-state index contributed by atoms with van der Waals surface area (Å²) < 4.78 is 22.0. The molecule has 0 aliphatic carbocycles. The average Bonchev–Trinajstić information content (AvgIpc) is 2.79. The van der Waals surface area contributed by atoms with Crippen LogP contribution in [0.3, 0.4) is 0 Å². The number of aliphatic hydroxyl groups excluding tert-OH is 2. The Bertz CT molecular complexity index is 1370. The summed E-state index contributed by atoms with van der Waals surface area (Å²) >= 11 is 0. The third-order valence-electron chi connectivity index (χ3n) is 5.57. The van der Waals surface area contributed by atoms with Crippen LogP contribution in [0.15, 0.2) is 33.5 Å². The minimum absolute atomic E-state index is 0.187. The van der Waals surface area contributed by atoms with Crippen LogP contribution in [0.2, 0.25) is 0 Å². The van der Waals surface area contributed by atoms with E-state index in [4.69, 9.17) is 18.6 Å². The topological polar surface area (TPSA) is 217 Å². The summed E-state index contributed by atoms with van der Waals surface area (Å²) in [6.45, 7) is 2.43. The normalized spacial score (nSPS) is 23.9. The van der Waals surface area contributed by atoms with Gasteiger partial charge in [-0.2, -0.15) is 0 Å². The number of esters is 1. The summed E-state index contributed by atoms with van der Waals surface area (Å²) in [5, 5.41) is 69.9. The predicted octanol–water partition coefficient (Wildman–Crippen LogP) is 0.765. The number of phenolic OH excluding ortho intramolecular Hbond substituents is 5. The molecule has 0 saturated carbocycles. The molecule has 5 atom stereocenters. The molecule has 36 heavy (non-hydrogen) atoms. The summed E-state index contributed by atoms with van der Waals surface area (Å²) in [7, 11) is 0. The van der Waals surface area contributed by atoms with Gasteiger partial charge in [0.15, 0.2) is 29.1 Å². The van der Waals surface area contributed by atoms with Crippen molar-refractivity contribution >= 4 is 16.9 Å². The van der Waals surface area contributed by atoms with Gasteiger partial charge in [0, 0.05) is 24.6 Å². The smallest absolute Gasteiger partial charge is 0.303 e. The van der Waals surface area contributed by atoms with E-state index in [-0.39, 0.29) is 11.1 Å². The number of ether oxygens (including phenoxy) is 3. The van der Waals surface area contributed by atoms with Gasteiger partial charge in [0.05, 0.1) is 6.10 Å². The fraction of sp³-hybridized carbons (Fsp3) is 0.304. The number of carbonyl (C=O) groups is 1. The Balaban J connectivity index is 1.95. The van der Waals surface area contributed by atoms with Crippen molar-refractivity contribution in [3.63, 3.8) is 0 Å². The molecule has 192 valence electrons. The van der Waals surface area contributed by atoms with Crippen molar-refractivity contribution in [2.24, 2.45) is 0 Å². The van der Waals surface area contributed by atoms with Crippen molar-refractivity contribution in [3.05, 3.63) is 34.5 Å². The second kappa shape index (κ2) is 9.11. The number of benzene rings is 2. The summed E-state index contributed by atoms with van der Waals surface area (Å²) in [4.78, 5) is 25.1. The number of hydrogen-bond acceptors (Lipinski definition) is 13. The molecule has 1 aliphatic heterocycles. The zero-order valence-corrected chi connectivity index (χ0v) is 18.8. The quantitative estimate of drug-likeness (QED) is 0.192. The summed E-state index contributed by atoms with van der Waals surface area (Å²) in [6.07, 6.45) is -7.46. The Morgan fingerprint density at radius 1 is 0.944 bits per heavy atom. The standard InChI is InChI=1S/C23H22O13/c1-7-16(29)19(32)22(34-8(2)24)23(33-7)36-21-18(31)15-11(26)5-10(25)6-14(15)35-20(21)9-3-12(27)17(30)13(28)4-9/h3-7,16,19,22-23,25-30,32H,1-2H3/t7-,16-,19+,22+,23-/m0/s1. The van der Waals surface area contributed by atoms with Gasteiger partial charge in [0.25, 0.3) is 0 Å². The largest absolute Gasteiger partial charge is 0.508 e. The van der Waals surface area contributed by atoms with Crippen LogP contribution in [-0.4, -0.2) is 72.4 Å². The lowest BCUT2D eigenvalue weighted by molar-refractivity contribution is -0.273. The molecule has 7 N–H and O–H groups in total. The van der Waals surface area contributed by atoms with Gasteiger partial charge in [-0.25, -0.2) is 0 Å². The number of carbonyl (C=O) groups excluding carboxylic acids is 1. The van der Waals surface area contributed by atoms with E-state index < -0.39 is 87.7 Å². The van der Waals surface area contributed by atoms with E-state index in [9.17, 15) is 45.3 Å². The molecule has 13 heteroatoms. The fourth-order valence-corrected chi connectivity index (χ4v) is 3.83. The van der Waals surface area contributed by atoms with Crippen LogP contribution in [0.5, 0.6) is 34.5 Å². The second-order valence-corrected chi connectivity index (χ2v) is 8.17. The first kappa shape index (κ1) is 24.9. The Morgan fingerprint density at radius 2 is 1.58 bits per heavy atom. The highest BCUT2D eigenvalue weighted by Gasteiger charge is 2.47. The molecule has 1 saturated heterocycles. The average molecular weight is 506 g/mol. The summed E-state index contributed by atoms with van der Waals surface area (Å²) in [5.41, 5.74) is -1.50. The molecule has 3 aromatic rings. The third kappa shape index (κ3) is 4.30. The van der Waals surface area contributed by atoms with E-state index in [1.165, 1.54) is 6.92 Å². The van der Waals surface area contributed by atoms with Crippen molar-refractivity contribution in [2.45, 2.75) is 44.6 Å². The van der Waals surface area contributed by atoms with Gasteiger partial charge in [-0.3, -0.25) is 9.59 Å². The minimum atomic E-state index is -1.68. The van der Waals surface area contributed by atoms with E-state index in [2.05, 4.69) is 0 Å². The molecule has 0 radical (unpaired) electrons. The highest BCUT2D eigenvalue weighted by Crippen LogP contribution is 2.43. The zero-order chi connectivity index (χ0) is 26.5. The van der Waals surface area contributed by atoms with Crippen molar-refractivity contribution in [2.75, 3.05) is 0 Å². The molecular weight excluding hydrogens is 484 g/mol. The molecule has 2 heterocycles. The van der Waals surface area contributed by atoms with E-state index in [1.54, 1.807) is 0 Å². The lowest BCUT2D eigenvalue weighted by Crippen LogP contribution is -2.59. The SMILES string of the molecule is CC(=O)O[C@H]1[C@H](Oc2c(-c3cc(O)c(O)c(O)c3)oc3cc(O)cc(O)c3c2=O)O[C@@H](C)[C@H](O)[C@H]1O. The number of aliphatic hydroxyl groups is 2. The molecule has 13 nitrogen and oxygen atoms in total. The lowest BCUT2D eigenvalue weighted by Gasteiger charge is -2.40. The van der Waals surface area contributed by atoms with E-state index >= 15 is 0 Å². The summed E-state index contributed by atoms with van der Waals surface area (Å²) in [5.74, 6) is -5.52. The van der Waals surface area contributed by atoms with Crippen LogP contribution in [0, 0.1) is 0 Å². The maximum atomic E-state index is 13.4. The molecule has 1 fully saturated rings. The number of aromatic hydroxyl groups is 5.